The fourth-order valence-electron chi connectivity index (χ4n) is 0.385. The van der Waals surface area contributed by atoms with Crippen molar-refractivity contribution in [1.82, 2.24) is 0 Å². The maximum Gasteiger partial charge on any atom is 0.163 e. The van der Waals surface area contributed by atoms with Crippen molar-refractivity contribution in [2.75, 3.05) is 6.13 Å². The largest absolute Gasteiger partial charge is 0.234 e. The number of alkyl halides is 2. The van der Waals surface area contributed by atoms with Crippen LogP contribution in [0.15, 0.2) is 36.4 Å². The van der Waals surface area contributed by atoms with Gasteiger partial charge in [-0.3, -0.25) is 0 Å². The third kappa shape index (κ3) is 7.44. The molecule has 9 heavy (non-hydrogen) atoms. The summed E-state index contributed by atoms with van der Waals surface area (Å²) in [6.45, 7) is 0. The number of hydrogen-bond acceptors (Lipinski definition) is 0. The van der Waals surface area contributed by atoms with E-state index in [1.807, 2.05) is 36.4 Å². The summed E-state index contributed by atoms with van der Waals surface area (Å²) < 4.78 is 10.1. The molecule has 1 aromatic carbocycles. The Morgan fingerprint density at radius 1 is 0.889 bits per heavy atom. The fourth-order valence-corrected chi connectivity index (χ4v) is 0.385. The van der Waals surface area contributed by atoms with Gasteiger partial charge in [0, 0.05) is 0 Å². The molecule has 0 nitrogen and oxygen atoms in total. The molecule has 0 aliphatic heterocycles. The molecule has 2 heteroatoms. The van der Waals surface area contributed by atoms with Crippen LogP contribution in [0.2, 0.25) is 0 Å². The average molecular weight is 147 g/mol. The SMILES string of the molecule is FCCl.c1ccccc1. The van der Waals surface area contributed by atoms with Crippen LogP contribution in [-0.2, 0) is 0 Å². The van der Waals surface area contributed by atoms with Crippen molar-refractivity contribution in [3.63, 3.8) is 0 Å². The first-order valence-electron chi connectivity index (χ1n) is 2.53. The molecule has 0 fully saturated rings. The van der Waals surface area contributed by atoms with E-state index in [-0.39, 0.29) is 0 Å². The van der Waals surface area contributed by atoms with Crippen LogP contribution in [0.25, 0.3) is 0 Å². The molecule has 1 aromatic rings. The van der Waals surface area contributed by atoms with E-state index in [4.69, 9.17) is 0 Å². The Hall–Kier alpha value is -0.560. The van der Waals surface area contributed by atoms with Gasteiger partial charge < -0.3 is 0 Å². The number of halogens is 2. The van der Waals surface area contributed by atoms with Gasteiger partial charge in [0.05, 0.1) is 0 Å². The number of hydrogen-bond donors (Lipinski definition) is 0. The highest BCUT2D eigenvalue weighted by Gasteiger charge is 1.57. The second kappa shape index (κ2) is 7.44. The predicted octanol–water partition coefficient (Wildman–Crippen LogP) is 2.84. The Morgan fingerprint density at radius 3 is 1.11 bits per heavy atom. The summed E-state index contributed by atoms with van der Waals surface area (Å²) in [4.78, 5) is 0. The third-order valence-corrected chi connectivity index (χ3v) is 0.667. The highest BCUT2D eigenvalue weighted by Crippen LogP contribution is 1.79. The van der Waals surface area contributed by atoms with Gasteiger partial charge in [-0.15, -0.1) is 0 Å². The van der Waals surface area contributed by atoms with Gasteiger partial charge in [0.25, 0.3) is 0 Å². The number of benzene rings is 1. The van der Waals surface area contributed by atoms with Crippen molar-refractivity contribution in [1.29, 1.82) is 0 Å². The van der Waals surface area contributed by atoms with E-state index in [0.717, 1.165) is 0 Å². The van der Waals surface area contributed by atoms with E-state index >= 15 is 0 Å². The second-order valence-electron chi connectivity index (χ2n) is 1.26. The Kier molecular flexibility index (Phi) is 6.98. The van der Waals surface area contributed by atoms with Gasteiger partial charge in [-0.2, -0.15) is 0 Å². The maximum atomic E-state index is 10.1. The van der Waals surface area contributed by atoms with Crippen molar-refractivity contribution < 1.29 is 4.39 Å². The molecule has 0 bridgehead atoms. The van der Waals surface area contributed by atoms with E-state index < -0.39 is 6.13 Å². The van der Waals surface area contributed by atoms with Crippen LogP contribution in [0.5, 0.6) is 0 Å². The first-order valence-corrected chi connectivity index (χ1v) is 3.07. The van der Waals surface area contributed by atoms with E-state index in [1.165, 1.54) is 0 Å². The zero-order valence-corrected chi connectivity index (χ0v) is 5.68. The molecule has 0 aliphatic carbocycles. The predicted molar refractivity (Wildman–Crippen MR) is 38.3 cm³/mol. The zero-order chi connectivity index (χ0) is 6.95. The minimum atomic E-state index is -0.778. The van der Waals surface area contributed by atoms with Crippen LogP contribution in [0.4, 0.5) is 4.39 Å². The van der Waals surface area contributed by atoms with E-state index in [2.05, 4.69) is 11.6 Å². The Labute approximate surface area is 59.3 Å². The number of rotatable bonds is 0. The van der Waals surface area contributed by atoms with E-state index in [1.54, 1.807) is 0 Å². The molecule has 0 heterocycles. The van der Waals surface area contributed by atoms with Crippen LogP contribution in [0.3, 0.4) is 0 Å². The van der Waals surface area contributed by atoms with Gasteiger partial charge in [0.15, 0.2) is 6.13 Å². The molecule has 0 N–H and O–H groups in total. The van der Waals surface area contributed by atoms with Gasteiger partial charge in [0.1, 0.15) is 0 Å². The van der Waals surface area contributed by atoms with Gasteiger partial charge >= 0.3 is 0 Å². The molecule has 0 aromatic heterocycles. The van der Waals surface area contributed by atoms with Crippen molar-refractivity contribution in [2.45, 2.75) is 0 Å². The monoisotopic (exact) mass is 146 g/mol. The lowest BCUT2D eigenvalue weighted by atomic mass is 10.4. The van der Waals surface area contributed by atoms with Crippen LogP contribution < -0.4 is 0 Å². The molecule has 0 radical (unpaired) electrons. The topological polar surface area (TPSA) is 0 Å². The molecular weight excluding hydrogens is 139 g/mol. The molecular formula is C7H8ClF. The molecule has 1 rings (SSSR count). The molecule has 0 aliphatic rings. The van der Waals surface area contributed by atoms with Crippen molar-refractivity contribution >= 4 is 11.6 Å². The van der Waals surface area contributed by atoms with Gasteiger partial charge in [-0.1, -0.05) is 48.0 Å². The Morgan fingerprint density at radius 2 is 1.00 bits per heavy atom. The van der Waals surface area contributed by atoms with Gasteiger partial charge in [0.2, 0.25) is 0 Å². The third-order valence-electron chi connectivity index (χ3n) is 0.667. The highest BCUT2D eigenvalue weighted by atomic mass is 35.5. The molecule has 0 amide bonds. The first-order chi connectivity index (χ1) is 4.41. The van der Waals surface area contributed by atoms with Crippen LogP contribution in [0, 0.1) is 0 Å². The standard InChI is InChI=1S/C6H6.CH2ClF/c1-2-4-6-5-3-1;2-1-3/h1-6H;1H2. The summed E-state index contributed by atoms with van der Waals surface area (Å²) in [5.41, 5.74) is 0. The summed E-state index contributed by atoms with van der Waals surface area (Å²) in [6.07, 6.45) is -0.778. The van der Waals surface area contributed by atoms with Gasteiger partial charge in [-0.05, 0) is 0 Å². The lowest BCUT2D eigenvalue weighted by molar-refractivity contribution is 0.599. The Balaban J connectivity index is 0.000000187. The highest BCUT2D eigenvalue weighted by molar-refractivity contribution is 6.16. The summed E-state index contributed by atoms with van der Waals surface area (Å²) >= 11 is 4.33. The summed E-state index contributed by atoms with van der Waals surface area (Å²) in [5.74, 6) is 0. The fraction of sp³-hybridized carbons (Fsp3) is 0.143. The second-order valence-corrected chi connectivity index (χ2v) is 1.46. The van der Waals surface area contributed by atoms with Crippen molar-refractivity contribution in [3.05, 3.63) is 36.4 Å². The molecule has 0 saturated heterocycles. The Bertz CT molecular complexity index is 91.8. The maximum absolute atomic E-state index is 10.1. The summed E-state index contributed by atoms with van der Waals surface area (Å²) in [7, 11) is 0. The van der Waals surface area contributed by atoms with Crippen molar-refractivity contribution in [2.24, 2.45) is 0 Å². The van der Waals surface area contributed by atoms with Crippen LogP contribution >= 0.6 is 11.6 Å². The summed E-state index contributed by atoms with van der Waals surface area (Å²) in [6, 6.07) is 12.0. The molecule has 0 unspecified atom stereocenters. The summed E-state index contributed by atoms with van der Waals surface area (Å²) in [5, 5.41) is 0. The smallest absolute Gasteiger partial charge is 0.163 e. The normalized spacial score (nSPS) is 7.33. The van der Waals surface area contributed by atoms with Gasteiger partial charge in [-0.25, -0.2) is 4.39 Å². The molecule has 50 valence electrons. The van der Waals surface area contributed by atoms with Crippen LogP contribution in [-0.4, -0.2) is 6.13 Å². The quantitative estimate of drug-likeness (QED) is 0.494. The van der Waals surface area contributed by atoms with E-state index in [9.17, 15) is 4.39 Å². The minimum Gasteiger partial charge on any atom is -0.234 e. The van der Waals surface area contributed by atoms with E-state index in [0.29, 0.717) is 0 Å². The molecule has 0 atom stereocenters. The van der Waals surface area contributed by atoms with Crippen molar-refractivity contribution in [3.8, 4) is 0 Å². The zero-order valence-electron chi connectivity index (χ0n) is 4.93. The minimum absolute atomic E-state index is 0.778. The van der Waals surface area contributed by atoms with Crippen LogP contribution in [0.1, 0.15) is 0 Å². The first kappa shape index (κ1) is 8.44. The molecule has 0 spiro atoms. The molecule has 0 saturated carbocycles. The average Bonchev–Trinajstić information content (AvgIpc) is 1.93. The lowest BCUT2D eigenvalue weighted by Gasteiger charge is -1.69. The lowest BCUT2D eigenvalue weighted by Crippen LogP contribution is -1.47.